The molecule has 1 unspecified atom stereocenters. The van der Waals surface area contributed by atoms with E-state index >= 15 is 0 Å². The molecule has 0 aromatic carbocycles. The molecule has 1 aromatic rings. The van der Waals surface area contributed by atoms with Gasteiger partial charge < -0.3 is 9.52 Å². The Labute approximate surface area is 101 Å². The molecule has 1 aliphatic rings. The van der Waals surface area contributed by atoms with Crippen LogP contribution in [-0.4, -0.2) is 28.1 Å². The Morgan fingerprint density at radius 1 is 1.65 bits per heavy atom. The van der Waals surface area contributed by atoms with Gasteiger partial charge in [0.05, 0.1) is 19.2 Å². The van der Waals surface area contributed by atoms with E-state index < -0.39 is 5.97 Å². The molecule has 1 heterocycles. The van der Waals surface area contributed by atoms with Crippen molar-refractivity contribution in [2.45, 2.75) is 51.2 Å². The number of furan rings is 1. The van der Waals surface area contributed by atoms with Crippen LogP contribution in [0.4, 0.5) is 0 Å². The second kappa shape index (κ2) is 5.36. The summed E-state index contributed by atoms with van der Waals surface area (Å²) in [4.78, 5) is 13.2. The van der Waals surface area contributed by atoms with Gasteiger partial charge in [0.15, 0.2) is 0 Å². The number of aliphatic carboxylic acids is 1. The minimum absolute atomic E-state index is 0.116. The molecule has 0 radical (unpaired) electrons. The van der Waals surface area contributed by atoms with Gasteiger partial charge in [0.25, 0.3) is 0 Å². The fourth-order valence-electron chi connectivity index (χ4n) is 2.24. The van der Waals surface area contributed by atoms with Gasteiger partial charge in [0, 0.05) is 12.1 Å². The molecule has 4 heteroatoms. The molecule has 94 valence electrons. The summed E-state index contributed by atoms with van der Waals surface area (Å²) < 4.78 is 5.35. The highest BCUT2D eigenvalue weighted by Crippen LogP contribution is 2.32. The quantitative estimate of drug-likeness (QED) is 0.791. The van der Waals surface area contributed by atoms with Gasteiger partial charge in [-0.1, -0.05) is 6.92 Å². The van der Waals surface area contributed by atoms with Crippen molar-refractivity contribution in [3.8, 4) is 0 Å². The van der Waals surface area contributed by atoms with Crippen molar-refractivity contribution in [3.63, 3.8) is 0 Å². The number of rotatable bonds is 7. The Morgan fingerprint density at radius 2 is 2.41 bits per heavy atom. The fourth-order valence-corrected chi connectivity index (χ4v) is 2.24. The maximum Gasteiger partial charge on any atom is 0.304 e. The van der Waals surface area contributed by atoms with Gasteiger partial charge in [-0.3, -0.25) is 9.69 Å². The van der Waals surface area contributed by atoms with Gasteiger partial charge in [-0.2, -0.15) is 0 Å². The van der Waals surface area contributed by atoms with Crippen molar-refractivity contribution in [2.75, 3.05) is 0 Å². The van der Waals surface area contributed by atoms with Gasteiger partial charge in [0.2, 0.25) is 0 Å². The van der Waals surface area contributed by atoms with Crippen LogP contribution in [0, 0.1) is 0 Å². The molecule has 1 saturated carbocycles. The van der Waals surface area contributed by atoms with Gasteiger partial charge in [-0.25, -0.2) is 0 Å². The van der Waals surface area contributed by atoms with E-state index in [0.29, 0.717) is 6.04 Å². The standard InChI is InChI=1S/C13H19NO3/c1-2-10(8-13(15)16)14(11-5-6-11)9-12-4-3-7-17-12/h3-4,7,10-11H,2,5-6,8-9H2,1H3,(H,15,16). The Bertz CT molecular complexity index is 357. The molecule has 4 nitrogen and oxygen atoms in total. The maximum atomic E-state index is 10.9. The van der Waals surface area contributed by atoms with E-state index in [2.05, 4.69) is 4.90 Å². The number of carboxylic acids is 1. The van der Waals surface area contributed by atoms with E-state index in [1.165, 1.54) is 12.8 Å². The minimum atomic E-state index is -0.720. The third-order valence-electron chi connectivity index (χ3n) is 3.28. The van der Waals surface area contributed by atoms with Gasteiger partial charge in [0.1, 0.15) is 5.76 Å². The molecule has 0 amide bonds. The first-order valence-corrected chi connectivity index (χ1v) is 6.20. The number of hydrogen-bond donors (Lipinski definition) is 1. The molecule has 1 N–H and O–H groups in total. The average Bonchev–Trinajstić information content (AvgIpc) is 3.01. The SMILES string of the molecule is CCC(CC(=O)O)N(Cc1ccco1)C1CC1. The smallest absolute Gasteiger partial charge is 0.304 e. The lowest BCUT2D eigenvalue weighted by Gasteiger charge is -2.29. The Morgan fingerprint density at radius 3 is 2.88 bits per heavy atom. The van der Waals surface area contributed by atoms with Crippen molar-refractivity contribution in [1.82, 2.24) is 4.90 Å². The van der Waals surface area contributed by atoms with E-state index in [0.717, 1.165) is 18.7 Å². The Kier molecular flexibility index (Phi) is 3.84. The predicted molar refractivity (Wildman–Crippen MR) is 63.6 cm³/mol. The largest absolute Gasteiger partial charge is 0.481 e. The number of hydrogen-bond acceptors (Lipinski definition) is 3. The zero-order chi connectivity index (χ0) is 12.3. The Hall–Kier alpha value is -1.29. The van der Waals surface area contributed by atoms with E-state index in [-0.39, 0.29) is 12.5 Å². The molecule has 1 fully saturated rings. The van der Waals surface area contributed by atoms with Crippen LogP contribution in [0.2, 0.25) is 0 Å². The second-order valence-corrected chi connectivity index (χ2v) is 4.64. The number of carboxylic acid groups (broad SMARTS) is 1. The van der Waals surface area contributed by atoms with Crippen LogP contribution >= 0.6 is 0 Å². The van der Waals surface area contributed by atoms with Crippen LogP contribution in [-0.2, 0) is 11.3 Å². The summed E-state index contributed by atoms with van der Waals surface area (Å²) in [6.07, 6.45) is 5.10. The highest BCUT2D eigenvalue weighted by molar-refractivity contribution is 5.67. The Balaban J connectivity index is 2.02. The van der Waals surface area contributed by atoms with E-state index in [1.54, 1.807) is 6.26 Å². The van der Waals surface area contributed by atoms with Gasteiger partial charge in [-0.15, -0.1) is 0 Å². The summed E-state index contributed by atoms with van der Waals surface area (Å²) >= 11 is 0. The van der Waals surface area contributed by atoms with Crippen LogP contribution in [0.15, 0.2) is 22.8 Å². The van der Waals surface area contributed by atoms with Gasteiger partial charge >= 0.3 is 5.97 Å². The molecule has 1 atom stereocenters. The first-order valence-electron chi connectivity index (χ1n) is 6.20. The second-order valence-electron chi connectivity index (χ2n) is 4.64. The summed E-state index contributed by atoms with van der Waals surface area (Å²) in [6, 6.07) is 4.48. The molecule has 1 aliphatic carbocycles. The first kappa shape index (κ1) is 12.2. The van der Waals surface area contributed by atoms with Crippen molar-refractivity contribution < 1.29 is 14.3 Å². The van der Waals surface area contributed by atoms with Gasteiger partial charge in [-0.05, 0) is 31.4 Å². The monoisotopic (exact) mass is 237 g/mol. The van der Waals surface area contributed by atoms with Crippen LogP contribution in [0.1, 0.15) is 38.4 Å². The molecule has 2 rings (SSSR count). The highest BCUT2D eigenvalue weighted by Gasteiger charge is 2.34. The van der Waals surface area contributed by atoms with Crippen LogP contribution < -0.4 is 0 Å². The molecule has 1 aromatic heterocycles. The van der Waals surface area contributed by atoms with Crippen molar-refractivity contribution in [1.29, 1.82) is 0 Å². The highest BCUT2D eigenvalue weighted by atomic mass is 16.4. The summed E-state index contributed by atoms with van der Waals surface area (Å²) in [5, 5.41) is 8.94. The topological polar surface area (TPSA) is 53.7 Å². The molecular weight excluding hydrogens is 218 g/mol. The molecule has 17 heavy (non-hydrogen) atoms. The first-order chi connectivity index (χ1) is 8.20. The predicted octanol–water partition coefficient (Wildman–Crippen LogP) is 2.50. The van der Waals surface area contributed by atoms with E-state index in [4.69, 9.17) is 9.52 Å². The third kappa shape index (κ3) is 3.33. The molecule has 0 saturated heterocycles. The number of nitrogens with zero attached hydrogens (tertiary/aromatic N) is 1. The van der Waals surface area contributed by atoms with Crippen LogP contribution in [0.25, 0.3) is 0 Å². The van der Waals surface area contributed by atoms with Crippen molar-refractivity contribution >= 4 is 5.97 Å². The third-order valence-corrected chi connectivity index (χ3v) is 3.28. The number of carbonyl (C=O) groups is 1. The molecule has 0 aliphatic heterocycles. The lowest BCUT2D eigenvalue weighted by molar-refractivity contribution is -0.138. The average molecular weight is 237 g/mol. The van der Waals surface area contributed by atoms with E-state index in [9.17, 15) is 4.79 Å². The normalized spacial score (nSPS) is 17.3. The van der Waals surface area contributed by atoms with Crippen LogP contribution in [0.3, 0.4) is 0 Å². The summed E-state index contributed by atoms with van der Waals surface area (Å²) in [6.45, 7) is 2.77. The summed E-state index contributed by atoms with van der Waals surface area (Å²) in [5.41, 5.74) is 0. The van der Waals surface area contributed by atoms with Crippen molar-refractivity contribution in [3.05, 3.63) is 24.2 Å². The molecule has 0 bridgehead atoms. The molecular formula is C13H19NO3. The zero-order valence-electron chi connectivity index (χ0n) is 10.1. The van der Waals surface area contributed by atoms with Crippen LogP contribution in [0.5, 0.6) is 0 Å². The zero-order valence-corrected chi connectivity index (χ0v) is 10.1. The lowest BCUT2D eigenvalue weighted by atomic mass is 10.1. The van der Waals surface area contributed by atoms with Crippen molar-refractivity contribution in [2.24, 2.45) is 0 Å². The summed E-state index contributed by atoms with van der Waals surface area (Å²) in [5.74, 6) is 0.197. The minimum Gasteiger partial charge on any atom is -0.481 e. The lowest BCUT2D eigenvalue weighted by Crippen LogP contribution is -2.37. The summed E-state index contributed by atoms with van der Waals surface area (Å²) in [7, 11) is 0. The fraction of sp³-hybridized carbons (Fsp3) is 0.615. The molecule has 0 spiro atoms. The van der Waals surface area contributed by atoms with E-state index in [1.807, 2.05) is 19.1 Å². The maximum absolute atomic E-state index is 10.9.